The highest BCUT2D eigenvalue weighted by Crippen LogP contribution is 2.31. The van der Waals surface area contributed by atoms with E-state index in [4.69, 9.17) is 21.3 Å². The first-order valence-corrected chi connectivity index (χ1v) is 8.07. The van der Waals surface area contributed by atoms with Gasteiger partial charge in [0.05, 0.1) is 12.3 Å². The van der Waals surface area contributed by atoms with Crippen molar-refractivity contribution in [3.8, 4) is 0 Å². The number of carboxylic acids is 1. The Morgan fingerprint density at radius 3 is 2.18 bits per heavy atom. The van der Waals surface area contributed by atoms with Gasteiger partial charge in [0.25, 0.3) is 0 Å². The third-order valence-electron chi connectivity index (χ3n) is 4.16. The van der Waals surface area contributed by atoms with E-state index in [0.717, 1.165) is 25.7 Å². The zero-order chi connectivity index (χ0) is 16.9. The Hall–Kier alpha value is -1.14. The van der Waals surface area contributed by atoms with Gasteiger partial charge in [-0.3, -0.25) is 9.59 Å². The second kappa shape index (κ2) is 7.92. The molecule has 0 aromatic rings. The van der Waals surface area contributed by atoms with E-state index < -0.39 is 35.5 Å². The maximum Gasteiger partial charge on any atom is 0.312 e. The highest BCUT2D eigenvalue weighted by Gasteiger charge is 2.39. The Kier molecular flexibility index (Phi) is 6.81. The first-order valence-electron chi connectivity index (χ1n) is 8.07. The summed E-state index contributed by atoms with van der Waals surface area (Å²) in [6.07, 6.45) is 4.99. The molecule has 1 saturated carbocycles. The normalized spacial score (nSPS) is 21.0. The minimum atomic E-state index is -1.03. The minimum absolute atomic E-state index is 0.200. The number of hydrogen-bond acceptors (Lipinski definition) is 5. The Bertz CT molecular complexity index is 386. The zero-order valence-corrected chi connectivity index (χ0v) is 13.9. The van der Waals surface area contributed by atoms with Crippen LogP contribution in [0.2, 0.25) is 0 Å². The van der Waals surface area contributed by atoms with Gasteiger partial charge >= 0.3 is 11.9 Å². The van der Waals surface area contributed by atoms with Crippen molar-refractivity contribution in [3.63, 3.8) is 0 Å². The van der Waals surface area contributed by atoms with Gasteiger partial charge in [-0.05, 0) is 39.5 Å². The first kappa shape index (κ1) is 18.9. The van der Waals surface area contributed by atoms with Gasteiger partial charge < -0.3 is 21.3 Å². The third kappa shape index (κ3) is 5.93. The van der Waals surface area contributed by atoms with Gasteiger partial charge in [0.15, 0.2) is 0 Å². The summed E-state index contributed by atoms with van der Waals surface area (Å²) in [6.45, 7) is 5.32. The van der Waals surface area contributed by atoms with E-state index >= 15 is 0 Å². The average Bonchev–Trinajstić information content (AvgIpc) is 2.36. The van der Waals surface area contributed by atoms with Crippen LogP contribution >= 0.6 is 0 Å². The maximum absolute atomic E-state index is 12.5. The summed E-state index contributed by atoms with van der Waals surface area (Å²) in [6, 6.07) is -1.28. The van der Waals surface area contributed by atoms with Crippen LogP contribution in [0.5, 0.6) is 0 Å². The van der Waals surface area contributed by atoms with Crippen LogP contribution in [-0.2, 0) is 14.3 Å². The van der Waals surface area contributed by atoms with Crippen molar-refractivity contribution in [2.24, 2.45) is 23.3 Å². The fraction of sp³-hybridized carbons (Fsp3) is 0.875. The van der Waals surface area contributed by atoms with E-state index in [9.17, 15) is 9.59 Å². The van der Waals surface area contributed by atoms with E-state index in [1.54, 1.807) is 20.8 Å². The lowest BCUT2D eigenvalue weighted by molar-refractivity contribution is -0.162. The van der Waals surface area contributed by atoms with Crippen molar-refractivity contribution < 1.29 is 19.4 Å². The molecule has 5 N–H and O–H groups in total. The standard InChI is InChI=1S/C16H30N2O4/c1-16(2,3)22-15(21)13(11(17)9-12(19)20)14(18)10-7-5-4-6-8-10/h10-11,13-14H,4-9,17-18H2,1-3H3,(H,19,20). The number of aliphatic carboxylic acids is 1. The summed E-state index contributed by atoms with van der Waals surface area (Å²) < 4.78 is 5.42. The van der Waals surface area contributed by atoms with Gasteiger partial charge in [-0.25, -0.2) is 0 Å². The van der Waals surface area contributed by atoms with Crippen molar-refractivity contribution >= 4 is 11.9 Å². The van der Waals surface area contributed by atoms with Gasteiger partial charge in [0, 0.05) is 12.1 Å². The summed E-state index contributed by atoms with van der Waals surface area (Å²) in [7, 11) is 0. The van der Waals surface area contributed by atoms with E-state index in [1.165, 1.54) is 6.42 Å². The first-order chi connectivity index (χ1) is 10.1. The number of carbonyl (C=O) groups excluding carboxylic acids is 1. The Balaban J connectivity index is 2.88. The lowest BCUT2D eigenvalue weighted by Crippen LogP contribution is -2.53. The molecule has 1 rings (SSSR count). The highest BCUT2D eigenvalue weighted by atomic mass is 16.6. The second-order valence-electron chi connectivity index (χ2n) is 7.30. The van der Waals surface area contributed by atoms with Gasteiger partial charge in [-0.15, -0.1) is 0 Å². The van der Waals surface area contributed by atoms with Crippen LogP contribution in [0.3, 0.4) is 0 Å². The van der Waals surface area contributed by atoms with Crippen LogP contribution < -0.4 is 11.5 Å². The highest BCUT2D eigenvalue weighted by molar-refractivity contribution is 5.76. The summed E-state index contributed by atoms with van der Waals surface area (Å²) in [5.41, 5.74) is 11.7. The lowest BCUT2D eigenvalue weighted by atomic mass is 9.76. The molecule has 1 fully saturated rings. The fourth-order valence-corrected chi connectivity index (χ4v) is 3.13. The number of rotatable bonds is 6. The number of ether oxygens (including phenoxy) is 1. The van der Waals surface area contributed by atoms with Gasteiger partial charge in [0.1, 0.15) is 5.60 Å². The maximum atomic E-state index is 12.5. The molecule has 22 heavy (non-hydrogen) atoms. The monoisotopic (exact) mass is 314 g/mol. The summed E-state index contributed by atoms with van der Waals surface area (Å²) >= 11 is 0. The Morgan fingerprint density at radius 2 is 1.73 bits per heavy atom. The average molecular weight is 314 g/mol. The molecule has 0 aromatic carbocycles. The molecular formula is C16H30N2O4. The predicted octanol–water partition coefficient (Wildman–Crippen LogP) is 1.65. The molecule has 0 bridgehead atoms. The molecule has 0 aliphatic heterocycles. The number of hydrogen-bond donors (Lipinski definition) is 3. The SMILES string of the molecule is CC(C)(C)OC(=O)C(C(N)CC(=O)O)C(N)C1CCCCC1. The largest absolute Gasteiger partial charge is 0.481 e. The molecule has 0 aromatic heterocycles. The third-order valence-corrected chi connectivity index (χ3v) is 4.16. The molecule has 3 unspecified atom stereocenters. The van der Waals surface area contributed by atoms with Crippen molar-refractivity contribution in [3.05, 3.63) is 0 Å². The molecular weight excluding hydrogens is 284 g/mol. The van der Waals surface area contributed by atoms with Crippen molar-refractivity contribution in [1.82, 2.24) is 0 Å². The molecule has 3 atom stereocenters. The molecule has 0 radical (unpaired) electrons. The van der Waals surface area contributed by atoms with Crippen LogP contribution in [0.25, 0.3) is 0 Å². The lowest BCUT2D eigenvalue weighted by Gasteiger charge is -2.36. The summed E-state index contributed by atoms with van der Waals surface area (Å²) in [5, 5.41) is 8.97. The second-order valence-corrected chi connectivity index (χ2v) is 7.30. The fourth-order valence-electron chi connectivity index (χ4n) is 3.13. The van der Waals surface area contributed by atoms with E-state index in [2.05, 4.69) is 0 Å². The molecule has 0 amide bonds. The molecule has 0 saturated heterocycles. The van der Waals surface area contributed by atoms with Crippen molar-refractivity contribution in [1.29, 1.82) is 0 Å². The molecule has 6 heteroatoms. The molecule has 6 nitrogen and oxygen atoms in total. The van der Waals surface area contributed by atoms with E-state index in [0.29, 0.717) is 0 Å². The molecule has 0 spiro atoms. The van der Waals surface area contributed by atoms with Crippen molar-refractivity contribution in [2.75, 3.05) is 0 Å². The van der Waals surface area contributed by atoms with Gasteiger partial charge in [0.2, 0.25) is 0 Å². The van der Waals surface area contributed by atoms with E-state index in [1.807, 2.05) is 0 Å². The predicted molar refractivity (Wildman–Crippen MR) is 84.1 cm³/mol. The van der Waals surface area contributed by atoms with Crippen LogP contribution in [0.1, 0.15) is 59.3 Å². The topological polar surface area (TPSA) is 116 Å². The van der Waals surface area contributed by atoms with Crippen LogP contribution in [0.4, 0.5) is 0 Å². The number of nitrogens with two attached hydrogens (primary N) is 2. The smallest absolute Gasteiger partial charge is 0.312 e. The van der Waals surface area contributed by atoms with Gasteiger partial charge in [-0.2, -0.15) is 0 Å². The molecule has 1 aliphatic carbocycles. The Labute approximate surface area is 132 Å². The minimum Gasteiger partial charge on any atom is -0.481 e. The Morgan fingerprint density at radius 1 is 1.18 bits per heavy atom. The summed E-state index contributed by atoms with van der Waals surface area (Å²) in [5.74, 6) is -2.10. The molecule has 1 aliphatic rings. The van der Waals surface area contributed by atoms with Crippen LogP contribution in [0, 0.1) is 11.8 Å². The van der Waals surface area contributed by atoms with E-state index in [-0.39, 0.29) is 12.3 Å². The number of carboxylic acid groups (broad SMARTS) is 1. The molecule has 0 heterocycles. The van der Waals surface area contributed by atoms with Crippen molar-refractivity contribution in [2.45, 2.75) is 77.0 Å². The van der Waals surface area contributed by atoms with Gasteiger partial charge in [-0.1, -0.05) is 19.3 Å². The van der Waals surface area contributed by atoms with Crippen LogP contribution in [0.15, 0.2) is 0 Å². The zero-order valence-electron chi connectivity index (χ0n) is 13.9. The molecule has 128 valence electrons. The quantitative estimate of drug-likeness (QED) is 0.642. The number of carbonyl (C=O) groups is 2. The number of esters is 1. The summed E-state index contributed by atoms with van der Waals surface area (Å²) in [4.78, 5) is 23.4. The van der Waals surface area contributed by atoms with Crippen LogP contribution in [-0.4, -0.2) is 34.7 Å².